The van der Waals surface area contributed by atoms with Crippen molar-refractivity contribution >= 4 is 17.5 Å². The van der Waals surface area contributed by atoms with Gasteiger partial charge < -0.3 is 4.74 Å². The molecule has 25 heavy (non-hydrogen) atoms. The first-order valence-electron chi connectivity index (χ1n) is 8.13. The van der Waals surface area contributed by atoms with Gasteiger partial charge >= 0.3 is 6.09 Å². The van der Waals surface area contributed by atoms with E-state index in [0.29, 0.717) is 6.54 Å². The summed E-state index contributed by atoms with van der Waals surface area (Å²) in [4.78, 5) is 24.3. The van der Waals surface area contributed by atoms with Crippen molar-refractivity contribution in [3.63, 3.8) is 0 Å². The summed E-state index contributed by atoms with van der Waals surface area (Å²) in [5.41, 5.74) is 3.35. The van der Waals surface area contributed by atoms with Crippen LogP contribution in [-0.2, 0) is 11.2 Å². The highest BCUT2D eigenvalue weighted by atomic mass is 16.6. The second kappa shape index (κ2) is 6.20. The van der Waals surface area contributed by atoms with E-state index in [9.17, 15) is 14.9 Å². The molecule has 2 aromatic carbocycles. The van der Waals surface area contributed by atoms with Crippen molar-refractivity contribution in [1.29, 1.82) is 0 Å². The molecular weight excluding hydrogens is 320 g/mol. The molecule has 6 nitrogen and oxygen atoms in total. The number of nitro benzene ring substituents is 1. The average molecular weight is 340 g/mol. The lowest BCUT2D eigenvalue weighted by Crippen LogP contribution is -2.35. The number of ether oxygens (including phenoxy) is 1. The molecule has 2 aromatic rings. The quantitative estimate of drug-likeness (QED) is 0.593. The Morgan fingerprint density at radius 1 is 1.12 bits per heavy atom. The summed E-state index contributed by atoms with van der Waals surface area (Å²) in [7, 11) is 0. The van der Waals surface area contributed by atoms with Crippen molar-refractivity contribution in [2.75, 3.05) is 11.4 Å². The van der Waals surface area contributed by atoms with Crippen molar-refractivity contribution in [3.05, 3.63) is 58.1 Å². The maximum Gasteiger partial charge on any atom is 0.414 e. The van der Waals surface area contributed by atoms with Gasteiger partial charge in [-0.3, -0.25) is 15.0 Å². The van der Waals surface area contributed by atoms with Crippen molar-refractivity contribution < 1.29 is 14.5 Å². The minimum absolute atomic E-state index is 0.0704. The molecule has 0 unspecified atom stereocenters. The lowest BCUT2D eigenvalue weighted by atomic mass is 10.0. The maximum atomic E-state index is 12.3. The lowest BCUT2D eigenvalue weighted by molar-refractivity contribution is -0.384. The molecule has 0 saturated heterocycles. The number of fused-ring (bicyclic) bond motifs is 1. The smallest absolute Gasteiger partial charge is 0.414 e. The molecule has 1 aliphatic rings. The Kier molecular flexibility index (Phi) is 4.20. The van der Waals surface area contributed by atoms with Crippen LogP contribution in [0.1, 0.15) is 26.3 Å². The number of nitrogens with zero attached hydrogens (tertiary/aromatic N) is 2. The van der Waals surface area contributed by atoms with Gasteiger partial charge in [-0.15, -0.1) is 0 Å². The van der Waals surface area contributed by atoms with Gasteiger partial charge in [-0.05, 0) is 68.1 Å². The Balaban J connectivity index is 1.84. The highest BCUT2D eigenvalue weighted by molar-refractivity contribution is 5.91. The Bertz CT molecular complexity index is 822. The van der Waals surface area contributed by atoms with E-state index >= 15 is 0 Å². The number of anilines is 1. The van der Waals surface area contributed by atoms with Crippen LogP contribution in [0.25, 0.3) is 11.1 Å². The van der Waals surface area contributed by atoms with Crippen LogP contribution < -0.4 is 4.90 Å². The molecular formula is C19H20N2O4. The van der Waals surface area contributed by atoms with Gasteiger partial charge in [-0.25, -0.2) is 4.79 Å². The van der Waals surface area contributed by atoms with Gasteiger partial charge in [0.05, 0.1) is 10.6 Å². The van der Waals surface area contributed by atoms with Crippen LogP contribution in [0.15, 0.2) is 42.5 Å². The average Bonchev–Trinajstić information content (AvgIpc) is 2.96. The van der Waals surface area contributed by atoms with Crippen LogP contribution in [0.3, 0.4) is 0 Å². The number of nitro groups is 1. The minimum atomic E-state index is -0.529. The van der Waals surface area contributed by atoms with E-state index in [1.165, 1.54) is 12.1 Å². The standard InChI is InChI=1S/C19H20N2O4/c1-19(2,3)25-18(22)20-11-10-15-12-14(6-9-17(15)20)13-4-7-16(8-5-13)21(23)24/h4-9,12H,10-11H2,1-3H3. The number of carbonyl (C=O) groups is 1. The number of rotatable bonds is 2. The molecule has 0 spiro atoms. The number of hydrogen-bond donors (Lipinski definition) is 0. The molecule has 0 radical (unpaired) electrons. The van der Waals surface area contributed by atoms with Crippen LogP contribution >= 0.6 is 0 Å². The van der Waals surface area contributed by atoms with E-state index in [-0.39, 0.29) is 11.8 Å². The summed E-state index contributed by atoms with van der Waals surface area (Å²) < 4.78 is 5.45. The molecule has 1 amide bonds. The molecule has 0 aromatic heterocycles. The van der Waals surface area contributed by atoms with Crippen LogP contribution in [0.4, 0.5) is 16.2 Å². The molecule has 0 aliphatic carbocycles. The van der Waals surface area contributed by atoms with Crippen LogP contribution in [0.2, 0.25) is 0 Å². The fourth-order valence-electron chi connectivity index (χ4n) is 2.86. The van der Waals surface area contributed by atoms with Crippen molar-refractivity contribution in [2.45, 2.75) is 32.8 Å². The molecule has 6 heteroatoms. The van der Waals surface area contributed by atoms with Gasteiger partial charge in [0.2, 0.25) is 0 Å². The highest BCUT2D eigenvalue weighted by Crippen LogP contribution is 2.33. The van der Waals surface area contributed by atoms with Gasteiger partial charge in [-0.2, -0.15) is 0 Å². The molecule has 1 heterocycles. The van der Waals surface area contributed by atoms with Crippen LogP contribution in [-0.4, -0.2) is 23.2 Å². The zero-order chi connectivity index (χ0) is 18.2. The molecule has 0 N–H and O–H groups in total. The Morgan fingerprint density at radius 2 is 1.76 bits per heavy atom. The number of amides is 1. The first-order valence-corrected chi connectivity index (χ1v) is 8.13. The van der Waals surface area contributed by atoms with Crippen molar-refractivity contribution in [2.24, 2.45) is 0 Å². The summed E-state index contributed by atoms with van der Waals surface area (Å²) in [6.45, 7) is 6.13. The molecule has 0 atom stereocenters. The van der Waals surface area contributed by atoms with Crippen molar-refractivity contribution in [3.8, 4) is 11.1 Å². The van der Waals surface area contributed by atoms with Gasteiger partial charge in [0, 0.05) is 18.7 Å². The zero-order valence-corrected chi connectivity index (χ0v) is 14.5. The third kappa shape index (κ3) is 3.63. The number of carbonyl (C=O) groups excluding carboxylic acids is 1. The first-order chi connectivity index (χ1) is 11.7. The SMILES string of the molecule is CC(C)(C)OC(=O)N1CCc2cc(-c3ccc([N+](=O)[O-])cc3)ccc21. The number of benzene rings is 2. The number of non-ortho nitro benzene ring substituents is 1. The lowest BCUT2D eigenvalue weighted by Gasteiger charge is -2.24. The van der Waals surface area contributed by atoms with E-state index < -0.39 is 10.5 Å². The molecule has 1 aliphatic heterocycles. The normalized spacial score (nSPS) is 13.5. The van der Waals surface area contributed by atoms with E-state index in [0.717, 1.165) is 28.8 Å². The largest absolute Gasteiger partial charge is 0.443 e. The summed E-state index contributed by atoms with van der Waals surface area (Å²) in [6, 6.07) is 12.3. The summed E-state index contributed by atoms with van der Waals surface area (Å²) in [6.07, 6.45) is 0.421. The Hall–Kier alpha value is -2.89. The predicted octanol–water partition coefficient (Wildman–Crippen LogP) is 4.56. The molecule has 0 fully saturated rings. The Labute approximate surface area is 146 Å². The monoisotopic (exact) mass is 340 g/mol. The molecule has 0 bridgehead atoms. The summed E-state index contributed by atoms with van der Waals surface area (Å²) >= 11 is 0. The zero-order valence-electron chi connectivity index (χ0n) is 14.5. The fourth-order valence-corrected chi connectivity index (χ4v) is 2.86. The topological polar surface area (TPSA) is 72.7 Å². The van der Waals surface area contributed by atoms with Crippen molar-refractivity contribution in [1.82, 2.24) is 0 Å². The predicted molar refractivity (Wildman–Crippen MR) is 95.8 cm³/mol. The first kappa shape index (κ1) is 17.0. The van der Waals surface area contributed by atoms with E-state index in [4.69, 9.17) is 4.74 Å². The van der Waals surface area contributed by atoms with Gasteiger partial charge in [0.1, 0.15) is 5.60 Å². The summed E-state index contributed by atoms with van der Waals surface area (Å²) in [5, 5.41) is 10.8. The van der Waals surface area contributed by atoms with Crippen LogP contribution in [0, 0.1) is 10.1 Å². The highest BCUT2D eigenvalue weighted by Gasteiger charge is 2.29. The van der Waals surface area contributed by atoms with Gasteiger partial charge in [0.15, 0.2) is 0 Å². The summed E-state index contributed by atoms with van der Waals surface area (Å²) in [5.74, 6) is 0. The molecule has 0 saturated carbocycles. The maximum absolute atomic E-state index is 12.3. The molecule has 3 rings (SSSR count). The van der Waals surface area contributed by atoms with E-state index in [1.807, 2.05) is 39.0 Å². The minimum Gasteiger partial charge on any atom is -0.443 e. The second-order valence-electron chi connectivity index (χ2n) is 7.03. The molecule has 130 valence electrons. The number of hydrogen-bond acceptors (Lipinski definition) is 4. The second-order valence-corrected chi connectivity index (χ2v) is 7.03. The third-order valence-electron chi connectivity index (χ3n) is 4.00. The van der Waals surface area contributed by atoms with E-state index in [1.54, 1.807) is 17.0 Å². The Morgan fingerprint density at radius 3 is 2.36 bits per heavy atom. The third-order valence-corrected chi connectivity index (χ3v) is 4.00. The van der Waals surface area contributed by atoms with Crippen LogP contribution in [0.5, 0.6) is 0 Å². The van der Waals surface area contributed by atoms with Gasteiger partial charge in [0.25, 0.3) is 5.69 Å². The van der Waals surface area contributed by atoms with E-state index in [2.05, 4.69) is 0 Å². The fraction of sp³-hybridized carbons (Fsp3) is 0.316. The van der Waals surface area contributed by atoms with Gasteiger partial charge in [-0.1, -0.05) is 6.07 Å².